The molecule has 0 amide bonds. The van der Waals surface area contributed by atoms with Gasteiger partial charge in [-0.3, -0.25) is 0 Å². The zero-order chi connectivity index (χ0) is 10.6. The first-order chi connectivity index (χ1) is 6.70. The van der Waals surface area contributed by atoms with Gasteiger partial charge >= 0.3 is 0 Å². The largest absolute Gasteiger partial charge is 0.496 e. The van der Waals surface area contributed by atoms with E-state index in [9.17, 15) is 4.39 Å². The van der Waals surface area contributed by atoms with Gasteiger partial charge in [-0.25, -0.2) is 4.39 Å². The lowest BCUT2D eigenvalue weighted by atomic mass is 10.1. The van der Waals surface area contributed by atoms with Crippen LogP contribution in [-0.4, -0.2) is 7.11 Å². The minimum atomic E-state index is -0.506. The molecule has 4 heteroatoms. The summed E-state index contributed by atoms with van der Waals surface area (Å²) in [6.45, 7) is 0. The minimum absolute atomic E-state index is 0.0578. The second-order valence-corrected chi connectivity index (χ2v) is 2.55. The number of halogens is 1. The van der Waals surface area contributed by atoms with Gasteiger partial charge in [0.15, 0.2) is 0 Å². The molecule has 1 aromatic rings. The molecular weight excluding hydrogens is 183 g/mol. The van der Waals surface area contributed by atoms with E-state index in [0.717, 1.165) is 6.08 Å². The first-order valence-electron chi connectivity index (χ1n) is 3.89. The maximum Gasteiger partial charge on any atom is 0.136 e. The number of benzene rings is 1. The molecule has 0 heterocycles. The molecule has 0 aliphatic heterocycles. The molecule has 0 fully saturated rings. The summed E-state index contributed by atoms with van der Waals surface area (Å²) < 4.78 is 18.2. The first-order valence-corrected chi connectivity index (χ1v) is 3.89. The third-order valence-electron chi connectivity index (χ3n) is 1.70. The van der Waals surface area contributed by atoms with Crippen LogP contribution in [0.4, 0.5) is 4.39 Å². The van der Waals surface area contributed by atoms with Crippen molar-refractivity contribution in [2.75, 3.05) is 7.11 Å². The Kier molecular flexibility index (Phi) is 3.08. The van der Waals surface area contributed by atoms with E-state index in [2.05, 4.69) is 0 Å². The number of rotatable bonds is 2. The summed E-state index contributed by atoms with van der Waals surface area (Å²) in [7, 11) is 1.41. The van der Waals surface area contributed by atoms with Gasteiger partial charge in [0.2, 0.25) is 0 Å². The van der Waals surface area contributed by atoms with Gasteiger partial charge < -0.3 is 10.5 Å². The van der Waals surface area contributed by atoms with E-state index in [4.69, 9.17) is 15.7 Å². The topological polar surface area (TPSA) is 59.0 Å². The number of allylic oxidation sites excluding steroid dienone is 1. The maximum absolute atomic E-state index is 13.3. The Morgan fingerprint density at radius 2 is 2.36 bits per heavy atom. The number of hydrogen-bond acceptors (Lipinski definition) is 3. The summed E-state index contributed by atoms with van der Waals surface area (Å²) in [6.07, 6.45) is 1.07. The molecular formula is C10H9FN2O. The molecule has 0 aliphatic rings. The van der Waals surface area contributed by atoms with Crippen molar-refractivity contribution in [1.82, 2.24) is 0 Å². The highest BCUT2D eigenvalue weighted by atomic mass is 19.1. The number of nitrogens with zero attached hydrogens (tertiary/aromatic N) is 1. The lowest BCUT2D eigenvalue weighted by Crippen LogP contribution is -2.02. The number of ether oxygens (including phenoxy) is 1. The van der Waals surface area contributed by atoms with E-state index in [1.54, 1.807) is 12.1 Å². The third kappa shape index (κ3) is 1.83. The zero-order valence-corrected chi connectivity index (χ0v) is 7.62. The molecule has 0 saturated carbocycles. The molecule has 0 saturated heterocycles. The van der Waals surface area contributed by atoms with Gasteiger partial charge in [0.1, 0.15) is 11.6 Å². The summed E-state index contributed by atoms with van der Waals surface area (Å²) in [4.78, 5) is 0. The lowest BCUT2D eigenvalue weighted by Gasteiger charge is -2.08. The Morgan fingerprint density at radius 3 is 2.93 bits per heavy atom. The fourth-order valence-corrected chi connectivity index (χ4v) is 1.10. The fraction of sp³-hybridized carbons (Fsp3) is 0.100. The van der Waals surface area contributed by atoms with Crippen LogP contribution in [0.5, 0.6) is 5.75 Å². The van der Waals surface area contributed by atoms with Crippen LogP contribution in [0.1, 0.15) is 5.56 Å². The predicted molar refractivity (Wildman–Crippen MR) is 50.7 cm³/mol. The van der Waals surface area contributed by atoms with Crippen molar-refractivity contribution >= 4 is 5.70 Å². The van der Waals surface area contributed by atoms with Crippen molar-refractivity contribution in [2.24, 2.45) is 5.73 Å². The van der Waals surface area contributed by atoms with Crippen molar-refractivity contribution in [2.45, 2.75) is 0 Å². The Morgan fingerprint density at radius 1 is 1.64 bits per heavy atom. The smallest absolute Gasteiger partial charge is 0.136 e. The Labute approximate surface area is 81.2 Å². The van der Waals surface area contributed by atoms with Crippen molar-refractivity contribution < 1.29 is 9.13 Å². The molecule has 0 unspecified atom stereocenters. The van der Waals surface area contributed by atoms with E-state index in [1.165, 1.54) is 19.2 Å². The molecule has 1 aromatic carbocycles. The number of hydrogen-bond donors (Lipinski definition) is 1. The molecule has 1 rings (SSSR count). The van der Waals surface area contributed by atoms with Gasteiger partial charge in [0.25, 0.3) is 0 Å². The van der Waals surface area contributed by atoms with Crippen molar-refractivity contribution in [3.63, 3.8) is 0 Å². The first kappa shape index (κ1) is 10.1. The van der Waals surface area contributed by atoms with Crippen LogP contribution in [0.25, 0.3) is 5.70 Å². The quantitative estimate of drug-likeness (QED) is 0.725. The molecule has 0 atom stereocenters. The normalized spacial score (nSPS) is 10.8. The van der Waals surface area contributed by atoms with Crippen molar-refractivity contribution in [3.8, 4) is 11.8 Å². The standard InChI is InChI=1S/C10H9FN2O/c1-14-9-4-2-3-7(11)10(9)8(13)5-6-12/h2-5H,13H2,1H3/b8-5-. The van der Waals surface area contributed by atoms with E-state index in [0.29, 0.717) is 5.75 Å². The minimum Gasteiger partial charge on any atom is -0.496 e. The van der Waals surface area contributed by atoms with E-state index < -0.39 is 5.82 Å². The highest BCUT2D eigenvalue weighted by molar-refractivity contribution is 5.70. The van der Waals surface area contributed by atoms with Crippen LogP contribution in [-0.2, 0) is 0 Å². The van der Waals surface area contributed by atoms with Gasteiger partial charge in [-0.05, 0) is 12.1 Å². The molecule has 0 bridgehead atoms. The van der Waals surface area contributed by atoms with E-state index in [-0.39, 0.29) is 11.3 Å². The summed E-state index contributed by atoms with van der Waals surface area (Å²) >= 11 is 0. The predicted octanol–water partition coefficient (Wildman–Crippen LogP) is 1.66. The average Bonchev–Trinajstić information content (AvgIpc) is 2.17. The van der Waals surface area contributed by atoms with Gasteiger partial charge in [-0.1, -0.05) is 6.07 Å². The van der Waals surface area contributed by atoms with Crippen LogP contribution >= 0.6 is 0 Å². The van der Waals surface area contributed by atoms with Crippen molar-refractivity contribution in [3.05, 3.63) is 35.7 Å². The SMILES string of the molecule is COc1cccc(F)c1/C(N)=C/C#N. The highest BCUT2D eigenvalue weighted by Gasteiger charge is 2.10. The molecule has 14 heavy (non-hydrogen) atoms. The van der Waals surface area contributed by atoms with E-state index >= 15 is 0 Å². The maximum atomic E-state index is 13.3. The number of nitriles is 1. The van der Waals surface area contributed by atoms with Crippen LogP contribution in [0.15, 0.2) is 24.3 Å². The third-order valence-corrected chi connectivity index (χ3v) is 1.70. The van der Waals surface area contributed by atoms with Gasteiger partial charge in [-0.15, -0.1) is 0 Å². The number of nitrogens with two attached hydrogens (primary N) is 1. The average molecular weight is 192 g/mol. The van der Waals surface area contributed by atoms with Crippen molar-refractivity contribution in [1.29, 1.82) is 5.26 Å². The van der Waals surface area contributed by atoms with E-state index in [1.807, 2.05) is 0 Å². The second-order valence-electron chi connectivity index (χ2n) is 2.55. The molecule has 0 aliphatic carbocycles. The van der Waals surface area contributed by atoms with Crippen LogP contribution in [0, 0.1) is 17.1 Å². The number of methoxy groups -OCH3 is 1. The molecule has 72 valence electrons. The van der Waals surface area contributed by atoms with Gasteiger partial charge in [-0.2, -0.15) is 5.26 Å². The van der Waals surface area contributed by atoms with Crippen LogP contribution in [0.3, 0.4) is 0 Å². The van der Waals surface area contributed by atoms with Gasteiger partial charge in [0.05, 0.1) is 24.4 Å². The fourth-order valence-electron chi connectivity index (χ4n) is 1.10. The molecule has 0 spiro atoms. The highest BCUT2D eigenvalue weighted by Crippen LogP contribution is 2.25. The summed E-state index contributed by atoms with van der Waals surface area (Å²) in [6, 6.07) is 6.09. The van der Waals surface area contributed by atoms with Crippen LogP contribution in [0.2, 0.25) is 0 Å². The van der Waals surface area contributed by atoms with Crippen LogP contribution < -0.4 is 10.5 Å². The Bertz CT molecular complexity index is 407. The summed E-state index contributed by atoms with van der Waals surface area (Å²) in [5, 5.41) is 8.38. The zero-order valence-electron chi connectivity index (χ0n) is 7.62. The Hall–Kier alpha value is -2.02. The molecule has 3 nitrogen and oxygen atoms in total. The second kappa shape index (κ2) is 4.28. The lowest BCUT2D eigenvalue weighted by molar-refractivity contribution is 0.409. The molecule has 0 radical (unpaired) electrons. The summed E-state index contributed by atoms with van der Waals surface area (Å²) in [5.74, 6) is -0.192. The molecule has 0 aromatic heterocycles. The monoisotopic (exact) mass is 192 g/mol. The Balaban J connectivity index is 3.32. The molecule has 2 N–H and O–H groups in total. The van der Waals surface area contributed by atoms with Gasteiger partial charge in [0, 0.05) is 6.08 Å². The summed E-state index contributed by atoms with van der Waals surface area (Å²) in [5.41, 5.74) is 5.68.